The first-order chi connectivity index (χ1) is 15.6. The molecule has 1 aromatic heterocycles. The summed E-state index contributed by atoms with van der Waals surface area (Å²) in [6.45, 7) is 4.14. The van der Waals surface area contributed by atoms with Crippen molar-refractivity contribution in [1.82, 2.24) is 14.5 Å². The third-order valence-electron chi connectivity index (χ3n) is 5.57. The Balaban J connectivity index is 0.000000230. The number of benzene rings is 3. The Morgan fingerprint density at radius 3 is 2.19 bits per heavy atom. The Hall–Kier alpha value is -3.15. The van der Waals surface area contributed by atoms with Gasteiger partial charge in [0.1, 0.15) is 5.82 Å². The van der Waals surface area contributed by atoms with Crippen LogP contribution in [0.4, 0.5) is 0 Å². The number of hydrogen-bond donors (Lipinski definition) is 1. The summed E-state index contributed by atoms with van der Waals surface area (Å²) in [6, 6.07) is 24.8. The molecule has 1 fully saturated rings. The number of carbonyl (C=O) groups is 1. The van der Waals surface area contributed by atoms with Crippen LogP contribution in [-0.4, -0.2) is 38.6 Å². The van der Waals surface area contributed by atoms with Crippen LogP contribution < -0.4 is 0 Å². The van der Waals surface area contributed by atoms with Crippen molar-refractivity contribution in [3.05, 3.63) is 101 Å². The second-order valence-electron chi connectivity index (χ2n) is 7.88. The number of fused-ring (bicyclic) bond motifs is 1. The Morgan fingerprint density at radius 1 is 0.875 bits per heavy atom. The highest BCUT2D eigenvalue weighted by molar-refractivity contribution is 6.30. The number of likely N-dealkylation sites (tertiary alicyclic amines) is 1. The van der Waals surface area contributed by atoms with Gasteiger partial charge >= 0.3 is 5.97 Å². The molecule has 2 heterocycles. The first-order valence-electron chi connectivity index (χ1n) is 10.8. The minimum atomic E-state index is -0.879. The van der Waals surface area contributed by atoms with Gasteiger partial charge in [0, 0.05) is 11.6 Å². The SMILES string of the molecule is Clc1ccc(Cn2c(CN3CCCC3)nc3ccccc32)cc1.O=C(O)c1ccccc1. The maximum absolute atomic E-state index is 10.2. The lowest BCUT2D eigenvalue weighted by atomic mass is 10.2. The van der Waals surface area contributed by atoms with Gasteiger partial charge in [-0.2, -0.15) is 0 Å². The van der Waals surface area contributed by atoms with Crippen molar-refractivity contribution in [2.75, 3.05) is 13.1 Å². The van der Waals surface area contributed by atoms with E-state index in [0.29, 0.717) is 5.56 Å². The highest BCUT2D eigenvalue weighted by Gasteiger charge is 2.17. The number of nitrogens with zero attached hydrogens (tertiary/aromatic N) is 3. The average Bonchev–Trinajstić information content (AvgIpc) is 3.45. The van der Waals surface area contributed by atoms with E-state index in [1.54, 1.807) is 30.3 Å². The van der Waals surface area contributed by atoms with Crippen molar-refractivity contribution in [2.24, 2.45) is 0 Å². The number of para-hydroxylation sites is 2. The maximum Gasteiger partial charge on any atom is 0.335 e. The molecule has 0 spiro atoms. The van der Waals surface area contributed by atoms with Crippen LogP contribution in [0.3, 0.4) is 0 Å². The summed E-state index contributed by atoms with van der Waals surface area (Å²) in [5, 5.41) is 9.16. The van der Waals surface area contributed by atoms with Gasteiger partial charge in [0.25, 0.3) is 0 Å². The largest absolute Gasteiger partial charge is 0.478 e. The molecule has 0 amide bonds. The van der Waals surface area contributed by atoms with E-state index in [2.05, 4.69) is 45.9 Å². The van der Waals surface area contributed by atoms with Crippen LogP contribution in [0.15, 0.2) is 78.9 Å². The lowest BCUT2D eigenvalue weighted by Crippen LogP contribution is -2.21. The van der Waals surface area contributed by atoms with Crippen LogP contribution in [0, 0.1) is 0 Å². The molecule has 0 radical (unpaired) electrons. The molecule has 1 aliphatic heterocycles. The maximum atomic E-state index is 10.2. The normalized spacial score (nSPS) is 13.7. The van der Waals surface area contributed by atoms with Gasteiger partial charge in [-0.25, -0.2) is 9.78 Å². The number of carboxylic acids is 1. The predicted octanol–water partition coefficient (Wildman–Crippen LogP) is 5.72. The fourth-order valence-electron chi connectivity index (χ4n) is 3.92. The Kier molecular flexibility index (Phi) is 7.20. The highest BCUT2D eigenvalue weighted by atomic mass is 35.5. The van der Waals surface area contributed by atoms with Gasteiger partial charge in [-0.15, -0.1) is 0 Å². The molecule has 0 aliphatic carbocycles. The van der Waals surface area contributed by atoms with E-state index in [4.69, 9.17) is 21.7 Å². The third-order valence-corrected chi connectivity index (χ3v) is 5.82. The molecule has 5 nitrogen and oxygen atoms in total. The predicted molar refractivity (Wildman–Crippen MR) is 128 cm³/mol. The fourth-order valence-corrected chi connectivity index (χ4v) is 4.04. The summed E-state index contributed by atoms with van der Waals surface area (Å²) >= 11 is 6.01. The molecule has 1 aliphatic rings. The molecule has 0 unspecified atom stereocenters. The molecular formula is C26H26ClN3O2. The molecular weight excluding hydrogens is 422 g/mol. The van der Waals surface area contributed by atoms with Crippen LogP contribution in [0.25, 0.3) is 11.0 Å². The number of aromatic carboxylic acids is 1. The minimum Gasteiger partial charge on any atom is -0.478 e. The fraction of sp³-hybridized carbons (Fsp3) is 0.231. The van der Waals surface area contributed by atoms with Gasteiger partial charge in [-0.1, -0.05) is 54.1 Å². The standard InChI is InChI=1S/C19H20ClN3.C7H6O2/c20-16-9-7-15(8-10-16)13-23-18-6-2-1-5-17(18)21-19(23)14-22-11-3-4-12-22;8-7(9)6-4-2-1-3-5-6/h1-2,5-10H,3-4,11-14H2;1-5H,(H,8,9). The molecule has 3 aromatic carbocycles. The van der Waals surface area contributed by atoms with E-state index in [0.717, 1.165) is 29.5 Å². The van der Waals surface area contributed by atoms with Gasteiger partial charge in [0.2, 0.25) is 0 Å². The lowest BCUT2D eigenvalue weighted by Gasteiger charge is -2.16. The second-order valence-corrected chi connectivity index (χ2v) is 8.32. The van der Waals surface area contributed by atoms with Gasteiger partial charge in [-0.3, -0.25) is 4.90 Å². The molecule has 0 atom stereocenters. The number of aromatic nitrogens is 2. The zero-order valence-electron chi connectivity index (χ0n) is 17.8. The van der Waals surface area contributed by atoms with Crippen LogP contribution in [-0.2, 0) is 13.1 Å². The summed E-state index contributed by atoms with van der Waals surface area (Å²) in [6.07, 6.45) is 2.61. The lowest BCUT2D eigenvalue weighted by molar-refractivity contribution is 0.0697. The summed E-state index contributed by atoms with van der Waals surface area (Å²) in [5.41, 5.74) is 3.87. The van der Waals surface area contributed by atoms with Crippen molar-refractivity contribution < 1.29 is 9.90 Å². The molecule has 0 bridgehead atoms. The monoisotopic (exact) mass is 447 g/mol. The van der Waals surface area contributed by atoms with Crippen molar-refractivity contribution in [1.29, 1.82) is 0 Å². The van der Waals surface area contributed by atoms with E-state index in [1.165, 1.54) is 37.0 Å². The van der Waals surface area contributed by atoms with Crippen molar-refractivity contribution in [2.45, 2.75) is 25.9 Å². The zero-order valence-corrected chi connectivity index (χ0v) is 18.6. The Morgan fingerprint density at radius 2 is 1.53 bits per heavy atom. The van der Waals surface area contributed by atoms with Gasteiger partial charge in [-0.05, 0) is 67.9 Å². The van der Waals surface area contributed by atoms with E-state index >= 15 is 0 Å². The molecule has 1 N–H and O–H groups in total. The summed E-state index contributed by atoms with van der Waals surface area (Å²) in [4.78, 5) is 17.6. The summed E-state index contributed by atoms with van der Waals surface area (Å²) < 4.78 is 2.34. The molecule has 0 saturated carbocycles. The van der Waals surface area contributed by atoms with Crippen molar-refractivity contribution in [3.63, 3.8) is 0 Å². The van der Waals surface area contributed by atoms with Crippen LogP contribution in [0.2, 0.25) is 5.02 Å². The van der Waals surface area contributed by atoms with Gasteiger partial charge in [0.15, 0.2) is 0 Å². The number of imidazole rings is 1. The number of carboxylic acid groups (broad SMARTS) is 1. The van der Waals surface area contributed by atoms with E-state index < -0.39 is 5.97 Å². The molecule has 1 saturated heterocycles. The summed E-state index contributed by atoms with van der Waals surface area (Å²) in [5.74, 6) is 0.277. The molecule has 4 aromatic rings. The minimum absolute atomic E-state index is 0.331. The second kappa shape index (κ2) is 10.4. The van der Waals surface area contributed by atoms with Crippen molar-refractivity contribution >= 4 is 28.6 Å². The van der Waals surface area contributed by atoms with Crippen LogP contribution >= 0.6 is 11.6 Å². The number of hydrogen-bond acceptors (Lipinski definition) is 3. The summed E-state index contributed by atoms with van der Waals surface area (Å²) in [7, 11) is 0. The zero-order chi connectivity index (χ0) is 22.3. The van der Waals surface area contributed by atoms with Gasteiger partial charge < -0.3 is 9.67 Å². The van der Waals surface area contributed by atoms with E-state index in [1.807, 2.05) is 12.1 Å². The molecule has 164 valence electrons. The number of halogens is 1. The Labute approximate surface area is 192 Å². The average molecular weight is 448 g/mol. The smallest absolute Gasteiger partial charge is 0.335 e. The highest BCUT2D eigenvalue weighted by Crippen LogP contribution is 2.21. The first kappa shape index (κ1) is 22.1. The molecule has 6 heteroatoms. The van der Waals surface area contributed by atoms with Crippen molar-refractivity contribution in [3.8, 4) is 0 Å². The Bertz CT molecular complexity index is 1170. The van der Waals surface area contributed by atoms with Crippen LogP contribution in [0.1, 0.15) is 34.6 Å². The third kappa shape index (κ3) is 5.55. The van der Waals surface area contributed by atoms with Gasteiger partial charge in [0.05, 0.1) is 23.1 Å². The first-order valence-corrected chi connectivity index (χ1v) is 11.2. The molecule has 5 rings (SSSR count). The quantitative estimate of drug-likeness (QED) is 0.425. The van der Waals surface area contributed by atoms with Crippen LogP contribution in [0.5, 0.6) is 0 Å². The number of rotatable bonds is 5. The van der Waals surface area contributed by atoms with E-state index in [-0.39, 0.29) is 0 Å². The molecule has 32 heavy (non-hydrogen) atoms. The van der Waals surface area contributed by atoms with E-state index in [9.17, 15) is 4.79 Å². The topological polar surface area (TPSA) is 58.4 Å².